The van der Waals surface area contributed by atoms with E-state index in [1.54, 1.807) is 6.07 Å². The highest BCUT2D eigenvalue weighted by Crippen LogP contribution is 2.28. The number of benzene rings is 1. The minimum atomic E-state index is -0.306. The van der Waals surface area contributed by atoms with Crippen molar-refractivity contribution in [3.8, 4) is 0 Å². The lowest BCUT2D eigenvalue weighted by Crippen LogP contribution is -2.45. The largest absolute Gasteiger partial charge is 0.338 e. The average Bonchev–Trinajstić information content (AvgIpc) is 3.43. The molecule has 1 saturated carbocycles. The van der Waals surface area contributed by atoms with Crippen LogP contribution in [0.15, 0.2) is 24.3 Å². The number of piperidine rings is 1. The number of nitrogens with one attached hydrogen (secondary N) is 1. The first-order chi connectivity index (χ1) is 12.1. The summed E-state index contributed by atoms with van der Waals surface area (Å²) < 4.78 is 13.4. The summed E-state index contributed by atoms with van der Waals surface area (Å²) in [6.07, 6.45) is 4.73. The second-order valence-electron chi connectivity index (χ2n) is 7.38. The highest BCUT2D eigenvalue weighted by molar-refractivity contribution is 5.98. The second kappa shape index (κ2) is 6.71. The van der Waals surface area contributed by atoms with E-state index in [0.717, 1.165) is 43.8 Å². The van der Waals surface area contributed by atoms with E-state index in [-0.39, 0.29) is 11.7 Å². The number of rotatable bonds is 4. The molecule has 0 unspecified atom stereocenters. The van der Waals surface area contributed by atoms with E-state index in [1.165, 1.54) is 25.0 Å². The Kier molecular flexibility index (Phi) is 4.42. The molecule has 25 heavy (non-hydrogen) atoms. The van der Waals surface area contributed by atoms with Crippen molar-refractivity contribution in [1.29, 1.82) is 0 Å². The van der Waals surface area contributed by atoms with E-state index in [0.29, 0.717) is 22.8 Å². The number of hydrogen-bond donors (Lipinski definition) is 1. The van der Waals surface area contributed by atoms with E-state index >= 15 is 0 Å². The molecule has 132 valence electrons. The van der Waals surface area contributed by atoms with Crippen LogP contribution in [0.2, 0.25) is 0 Å². The maximum atomic E-state index is 13.4. The topological polar surface area (TPSA) is 45.2 Å². The SMILES string of the molecule is Cc1nc2cc(F)ccc2cc1C(=O)N1CCC(NCC2CC2)CC1. The predicted molar refractivity (Wildman–Crippen MR) is 96.1 cm³/mol. The molecule has 5 heteroatoms. The number of pyridine rings is 1. The van der Waals surface area contributed by atoms with Crippen LogP contribution in [0.1, 0.15) is 41.7 Å². The Balaban J connectivity index is 1.44. The lowest BCUT2D eigenvalue weighted by Gasteiger charge is -2.33. The fourth-order valence-corrected chi connectivity index (χ4v) is 3.57. The van der Waals surface area contributed by atoms with Gasteiger partial charge < -0.3 is 10.2 Å². The zero-order valence-electron chi connectivity index (χ0n) is 14.6. The third kappa shape index (κ3) is 3.66. The fraction of sp³-hybridized carbons (Fsp3) is 0.500. The summed E-state index contributed by atoms with van der Waals surface area (Å²) in [7, 11) is 0. The number of fused-ring (bicyclic) bond motifs is 1. The van der Waals surface area contributed by atoms with Crippen molar-refractivity contribution < 1.29 is 9.18 Å². The van der Waals surface area contributed by atoms with Crippen LogP contribution >= 0.6 is 0 Å². The molecule has 1 N–H and O–H groups in total. The summed E-state index contributed by atoms with van der Waals surface area (Å²) in [5, 5.41) is 4.44. The van der Waals surface area contributed by atoms with E-state index in [9.17, 15) is 9.18 Å². The van der Waals surface area contributed by atoms with Crippen LogP contribution in [0.4, 0.5) is 4.39 Å². The number of aryl methyl sites for hydroxylation is 1. The third-order valence-electron chi connectivity index (χ3n) is 5.37. The number of likely N-dealkylation sites (tertiary alicyclic amines) is 1. The van der Waals surface area contributed by atoms with Crippen LogP contribution in [0, 0.1) is 18.7 Å². The first-order valence-electron chi connectivity index (χ1n) is 9.20. The summed E-state index contributed by atoms with van der Waals surface area (Å²) in [6.45, 7) is 4.51. The Bertz CT molecular complexity index is 795. The number of nitrogens with zero attached hydrogens (tertiary/aromatic N) is 2. The molecule has 0 bridgehead atoms. The first-order valence-corrected chi connectivity index (χ1v) is 9.20. The molecule has 0 radical (unpaired) electrons. The molecule has 2 aliphatic rings. The Morgan fingerprint density at radius 2 is 2.00 bits per heavy atom. The predicted octanol–water partition coefficient (Wildman–Crippen LogP) is 3.29. The van der Waals surface area contributed by atoms with Crippen LogP contribution in [0.5, 0.6) is 0 Å². The molecular formula is C20H24FN3O. The molecule has 2 fully saturated rings. The van der Waals surface area contributed by atoms with Crippen molar-refractivity contribution >= 4 is 16.8 Å². The van der Waals surface area contributed by atoms with Gasteiger partial charge >= 0.3 is 0 Å². The molecule has 1 aliphatic carbocycles. The highest BCUT2D eigenvalue weighted by atomic mass is 19.1. The van der Waals surface area contributed by atoms with Gasteiger partial charge in [-0.1, -0.05) is 0 Å². The van der Waals surface area contributed by atoms with Gasteiger partial charge in [0, 0.05) is 30.6 Å². The normalized spacial score (nSPS) is 18.7. The third-order valence-corrected chi connectivity index (χ3v) is 5.37. The fourth-order valence-electron chi connectivity index (χ4n) is 3.57. The number of carbonyl (C=O) groups excluding carboxylic acids is 1. The molecule has 1 amide bonds. The molecule has 1 aliphatic heterocycles. The summed E-state index contributed by atoms with van der Waals surface area (Å²) in [5.41, 5.74) is 1.89. The summed E-state index contributed by atoms with van der Waals surface area (Å²) in [6, 6.07) is 6.88. The molecule has 1 aromatic carbocycles. The Morgan fingerprint density at radius 1 is 1.24 bits per heavy atom. The van der Waals surface area contributed by atoms with Crippen molar-refractivity contribution in [2.75, 3.05) is 19.6 Å². The van der Waals surface area contributed by atoms with Gasteiger partial charge in [-0.3, -0.25) is 9.78 Å². The van der Waals surface area contributed by atoms with Crippen LogP contribution in [-0.4, -0.2) is 41.5 Å². The van der Waals surface area contributed by atoms with Crippen molar-refractivity contribution in [3.63, 3.8) is 0 Å². The zero-order valence-corrected chi connectivity index (χ0v) is 14.6. The van der Waals surface area contributed by atoms with Crippen molar-refractivity contribution in [3.05, 3.63) is 41.3 Å². The van der Waals surface area contributed by atoms with Gasteiger partial charge in [-0.15, -0.1) is 0 Å². The molecule has 2 heterocycles. The lowest BCUT2D eigenvalue weighted by molar-refractivity contribution is 0.0704. The molecule has 0 atom stereocenters. The number of aromatic nitrogens is 1. The minimum absolute atomic E-state index is 0.0388. The molecule has 4 nitrogen and oxygen atoms in total. The Morgan fingerprint density at radius 3 is 2.72 bits per heavy atom. The molecular weight excluding hydrogens is 317 g/mol. The van der Waals surface area contributed by atoms with Gasteiger partial charge in [-0.05, 0) is 63.3 Å². The van der Waals surface area contributed by atoms with Crippen molar-refractivity contribution in [2.24, 2.45) is 5.92 Å². The van der Waals surface area contributed by atoms with Gasteiger partial charge in [0.15, 0.2) is 0 Å². The molecule has 2 aromatic rings. The van der Waals surface area contributed by atoms with E-state index < -0.39 is 0 Å². The van der Waals surface area contributed by atoms with E-state index in [1.807, 2.05) is 17.9 Å². The summed E-state index contributed by atoms with van der Waals surface area (Å²) in [5.74, 6) is 0.618. The van der Waals surface area contributed by atoms with Crippen LogP contribution in [0.25, 0.3) is 10.9 Å². The Labute approximate surface area is 147 Å². The average molecular weight is 341 g/mol. The standard InChI is InChI=1S/C20H24FN3O/c1-13-18(10-15-4-5-16(21)11-19(15)23-13)20(25)24-8-6-17(7-9-24)22-12-14-2-3-14/h4-5,10-11,14,17,22H,2-3,6-9,12H2,1H3. The van der Waals surface area contributed by atoms with Crippen LogP contribution < -0.4 is 5.32 Å². The van der Waals surface area contributed by atoms with Gasteiger partial charge in [0.25, 0.3) is 5.91 Å². The zero-order chi connectivity index (χ0) is 17.4. The van der Waals surface area contributed by atoms with E-state index in [4.69, 9.17) is 0 Å². The lowest BCUT2D eigenvalue weighted by atomic mass is 10.0. The van der Waals surface area contributed by atoms with E-state index in [2.05, 4.69) is 10.3 Å². The minimum Gasteiger partial charge on any atom is -0.338 e. The monoisotopic (exact) mass is 341 g/mol. The van der Waals surface area contributed by atoms with Crippen LogP contribution in [-0.2, 0) is 0 Å². The number of halogens is 1. The van der Waals surface area contributed by atoms with Gasteiger partial charge in [0.1, 0.15) is 5.82 Å². The molecule has 1 aromatic heterocycles. The van der Waals surface area contributed by atoms with Crippen molar-refractivity contribution in [2.45, 2.75) is 38.6 Å². The Hall–Kier alpha value is -2.01. The van der Waals surface area contributed by atoms with Crippen molar-refractivity contribution in [1.82, 2.24) is 15.2 Å². The highest BCUT2D eigenvalue weighted by Gasteiger charge is 2.27. The quantitative estimate of drug-likeness (QED) is 0.928. The van der Waals surface area contributed by atoms with Crippen LogP contribution in [0.3, 0.4) is 0 Å². The van der Waals surface area contributed by atoms with Gasteiger partial charge in [-0.25, -0.2) is 4.39 Å². The molecule has 0 spiro atoms. The second-order valence-corrected chi connectivity index (χ2v) is 7.38. The number of amides is 1. The summed E-state index contributed by atoms with van der Waals surface area (Å²) in [4.78, 5) is 19.3. The maximum absolute atomic E-state index is 13.4. The first kappa shape index (κ1) is 16.5. The number of carbonyl (C=O) groups is 1. The number of hydrogen-bond acceptors (Lipinski definition) is 3. The summed E-state index contributed by atoms with van der Waals surface area (Å²) >= 11 is 0. The maximum Gasteiger partial charge on any atom is 0.255 e. The smallest absolute Gasteiger partial charge is 0.255 e. The van der Waals surface area contributed by atoms with Gasteiger partial charge in [0.05, 0.1) is 16.8 Å². The molecule has 1 saturated heterocycles. The van der Waals surface area contributed by atoms with Gasteiger partial charge in [0.2, 0.25) is 0 Å². The molecule has 4 rings (SSSR count). The van der Waals surface area contributed by atoms with Gasteiger partial charge in [-0.2, -0.15) is 0 Å².